The molecule has 1 amide bonds. The minimum atomic E-state index is -0.931. The topological polar surface area (TPSA) is 59.0 Å². The highest BCUT2D eigenvalue weighted by Gasteiger charge is 2.37. The normalized spacial score (nSPS) is 17.7. The van der Waals surface area contributed by atoms with Crippen molar-refractivity contribution in [3.8, 4) is 5.75 Å². The van der Waals surface area contributed by atoms with Crippen LogP contribution >= 0.6 is 0 Å². The van der Waals surface area contributed by atoms with Gasteiger partial charge in [-0.15, -0.1) is 0 Å². The molecular formula is C18H27NO4. The summed E-state index contributed by atoms with van der Waals surface area (Å²) in [5.74, 6) is 0.769. The molecule has 2 rings (SSSR count). The molecule has 0 unspecified atom stereocenters. The molecule has 0 saturated carbocycles. The first kappa shape index (κ1) is 17.6. The molecule has 0 bridgehead atoms. The van der Waals surface area contributed by atoms with Crippen molar-refractivity contribution in [2.45, 2.75) is 51.7 Å². The summed E-state index contributed by atoms with van der Waals surface area (Å²) in [6.45, 7) is 8.47. The smallest absolute Gasteiger partial charge is 0.410 e. The number of benzene rings is 1. The Morgan fingerprint density at radius 1 is 1.26 bits per heavy atom. The maximum atomic E-state index is 12.1. The van der Waals surface area contributed by atoms with Gasteiger partial charge in [-0.1, -0.05) is 12.1 Å². The van der Waals surface area contributed by atoms with Gasteiger partial charge in [-0.25, -0.2) is 4.79 Å². The van der Waals surface area contributed by atoms with E-state index in [1.165, 1.54) is 0 Å². The van der Waals surface area contributed by atoms with Crippen molar-refractivity contribution in [1.82, 2.24) is 4.90 Å². The predicted octanol–water partition coefficient (Wildman–Crippen LogP) is 3.22. The molecule has 23 heavy (non-hydrogen) atoms. The summed E-state index contributed by atoms with van der Waals surface area (Å²) in [5.41, 5.74) is 0.434. The monoisotopic (exact) mass is 321 g/mol. The van der Waals surface area contributed by atoms with E-state index >= 15 is 0 Å². The Hall–Kier alpha value is -1.75. The van der Waals surface area contributed by atoms with Gasteiger partial charge in [0.25, 0.3) is 0 Å². The summed E-state index contributed by atoms with van der Waals surface area (Å²) >= 11 is 0. The summed E-state index contributed by atoms with van der Waals surface area (Å²) in [6.07, 6.45) is 0.651. The third-order valence-electron chi connectivity index (χ3n) is 4.19. The molecule has 128 valence electrons. The average molecular weight is 321 g/mol. The molecular weight excluding hydrogens is 294 g/mol. The number of aryl methyl sites for hydroxylation is 1. The minimum absolute atomic E-state index is 0.318. The van der Waals surface area contributed by atoms with Crippen LogP contribution in [-0.4, -0.2) is 41.9 Å². The van der Waals surface area contributed by atoms with Gasteiger partial charge in [0.05, 0.1) is 12.7 Å². The first-order valence-corrected chi connectivity index (χ1v) is 8.00. The number of hydrogen-bond donors (Lipinski definition) is 1. The fraction of sp³-hybridized carbons (Fsp3) is 0.611. The van der Waals surface area contributed by atoms with Crippen LogP contribution in [0.3, 0.4) is 0 Å². The number of likely N-dealkylation sites (tertiary alicyclic amines) is 1. The Kier molecular flexibility index (Phi) is 4.90. The number of aliphatic hydroxyl groups is 1. The highest BCUT2D eigenvalue weighted by molar-refractivity contribution is 5.68. The van der Waals surface area contributed by atoms with E-state index in [9.17, 15) is 9.90 Å². The van der Waals surface area contributed by atoms with Gasteiger partial charge >= 0.3 is 6.09 Å². The van der Waals surface area contributed by atoms with Crippen LogP contribution in [0.1, 0.15) is 44.7 Å². The van der Waals surface area contributed by atoms with Crippen molar-refractivity contribution in [3.05, 3.63) is 29.3 Å². The Morgan fingerprint density at radius 2 is 1.87 bits per heavy atom. The molecule has 0 radical (unpaired) electrons. The molecule has 0 atom stereocenters. The third-order valence-corrected chi connectivity index (χ3v) is 4.19. The largest absolute Gasteiger partial charge is 0.496 e. The van der Waals surface area contributed by atoms with Gasteiger partial charge in [-0.05, 0) is 57.7 Å². The van der Waals surface area contributed by atoms with Crippen LogP contribution in [0, 0.1) is 6.92 Å². The summed E-state index contributed by atoms with van der Waals surface area (Å²) in [7, 11) is 1.63. The van der Waals surface area contributed by atoms with Crippen molar-refractivity contribution in [2.75, 3.05) is 20.2 Å². The van der Waals surface area contributed by atoms with E-state index in [1.54, 1.807) is 12.0 Å². The number of carbonyl (C=O) groups excluding carboxylic acids is 1. The van der Waals surface area contributed by atoms with Crippen molar-refractivity contribution < 1.29 is 19.4 Å². The Balaban J connectivity index is 2.06. The Labute approximate surface area is 138 Å². The van der Waals surface area contributed by atoms with E-state index in [0.29, 0.717) is 25.9 Å². The van der Waals surface area contributed by atoms with Gasteiger partial charge in [0.1, 0.15) is 11.4 Å². The van der Waals surface area contributed by atoms with Crippen molar-refractivity contribution in [3.63, 3.8) is 0 Å². The van der Waals surface area contributed by atoms with E-state index in [4.69, 9.17) is 9.47 Å². The van der Waals surface area contributed by atoms with E-state index in [-0.39, 0.29) is 6.09 Å². The van der Waals surface area contributed by atoms with Crippen LogP contribution in [0.15, 0.2) is 18.2 Å². The number of hydrogen-bond acceptors (Lipinski definition) is 4. The Bertz CT molecular complexity index is 569. The van der Waals surface area contributed by atoms with Gasteiger partial charge < -0.3 is 19.5 Å². The fourth-order valence-electron chi connectivity index (χ4n) is 2.78. The minimum Gasteiger partial charge on any atom is -0.496 e. The van der Waals surface area contributed by atoms with Gasteiger partial charge in [-0.2, -0.15) is 0 Å². The first-order valence-electron chi connectivity index (χ1n) is 8.00. The van der Waals surface area contributed by atoms with E-state index in [2.05, 4.69) is 0 Å². The van der Waals surface area contributed by atoms with E-state index in [1.807, 2.05) is 45.9 Å². The summed E-state index contributed by atoms with van der Waals surface area (Å²) in [4.78, 5) is 13.8. The SMILES string of the molecule is COc1cc(C2(O)CCN(C(=O)OC(C)(C)C)CC2)ccc1C. The summed E-state index contributed by atoms with van der Waals surface area (Å²) < 4.78 is 10.7. The van der Waals surface area contributed by atoms with Gasteiger partial charge in [0.15, 0.2) is 0 Å². The zero-order valence-electron chi connectivity index (χ0n) is 14.7. The number of rotatable bonds is 2. The van der Waals surface area contributed by atoms with E-state index < -0.39 is 11.2 Å². The number of piperidine rings is 1. The molecule has 1 N–H and O–H groups in total. The predicted molar refractivity (Wildman–Crippen MR) is 88.7 cm³/mol. The molecule has 1 aromatic rings. The summed E-state index contributed by atoms with van der Waals surface area (Å²) in [6, 6.07) is 5.77. The number of amides is 1. The molecule has 1 fully saturated rings. The average Bonchev–Trinajstić information content (AvgIpc) is 2.46. The Morgan fingerprint density at radius 3 is 2.39 bits per heavy atom. The number of methoxy groups -OCH3 is 1. The lowest BCUT2D eigenvalue weighted by atomic mass is 9.84. The van der Waals surface area contributed by atoms with Gasteiger partial charge in [-0.3, -0.25) is 0 Å². The fourth-order valence-corrected chi connectivity index (χ4v) is 2.78. The number of carbonyl (C=O) groups is 1. The zero-order valence-corrected chi connectivity index (χ0v) is 14.7. The molecule has 0 aromatic heterocycles. The first-order chi connectivity index (χ1) is 10.6. The second-order valence-corrected chi connectivity index (χ2v) is 7.18. The highest BCUT2D eigenvalue weighted by atomic mass is 16.6. The second-order valence-electron chi connectivity index (χ2n) is 7.18. The van der Waals surface area contributed by atoms with Gasteiger partial charge in [0.2, 0.25) is 0 Å². The zero-order chi connectivity index (χ0) is 17.3. The van der Waals surface area contributed by atoms with Crippen molar-refractivity contribution in [1.29, 1.82) is 0 Å². The molecule has 5 heteroatoms. The molecule has 1 heterocycles. The molecule has 1 aromatic carbocycles. The lowest BCUT2D eigenvalue weighted by Crippen LogP contribution is -2.46. The van der Waals surface area contributed by atoms with Crippen LogP contribution in [-0.2, 0) is 10.3 Å². The summed E-state index contributed by atoms with van der Waals surface area (Å²) in [5, 5.41) is 11.0. The standard InChI is InChI=1S/C18H27NO4/c1-13-6-7-14(12-15(13)22-5)18(21)8-10-19(11-9-18)16(20)23-17(2,3)4/h6-7,12,21H,8-11H2,1-5H3. The van der Waals surface area contributed by atoms with Gasteiger partial charge in [0, 0.05) is 13.1 Å². The van der Waals surface area contributed by atoms with Crippen LogP contribution in [0.5, 0.6) is 5.75 Å². The molecule has 1 aliphatic rings. The quantitative estimate of drug-likeness (QED) is 0.908. The van der Waals surface area contributed by atoms with E-state index in [0.717, 1.165) is 16.9 Å². The molecule has 1 saturated heterocycles. The van der Waals surface area contributed by atoms with Crippen LogP contribution in [0.25, 0.3) is 0 Å². The van der Waals surface area contributed by atoms with Crippen LogP contribution in [0.2, 0.25) is 0 Å². The maximum absolute atomic E-state index is 12.1. The van der Waals surface area contributed by atoms with Crippen LogP contribution < -0.4 is 4.74 Å². The number of ether oxygens (including phenoxy) is 2. The third kappa shape index (κ3) is 4.16. The van der Waals surface area contributed by atoms with Crippen LogP contribution in [0.4, 0.5) is 4.79 Å². The lowest BCUT2D eigenvalue weighted by Gasteiger charge is -2.39. The number of nitrogens with zero attached hydrogens (tertiary/aromatic N) is 1. The molecule has 0 aliphatic carbocycles. The molecule has 1 aliphatic heterocycles. The molecule has 0 spiro atoms. The second kappa shape index (κ2) is 6.40. The molecule has 5 nitrogen and oxygen atoms in total. The maximum Gasteiger partial charge on any atom is 0.410 e. The lowest BCUT2D eigenvalue weighted by molar-refractivity contribution is -0.0357. The van der Waals surface area contributed by atoms with Crippen molar-refractivity contribution in [2.24, 2.45) is 0 Å². The van der Waals surface area contributed by atoms with Crippen molar-refractivity contribution >= 4 is 6.09 Å². The highest BCUT2D eigenvalue weighted by Crippen LogP contribution is 2.35.